The molecule has 0 unspecified atom stereocenters. The lowest BCUT2D eigenvalue weighted by Gasteiger charge is -2.42. The first-order valence-electron chi connectivity index (χ1n) is 12.5. The second-order valence-corrected chi connectivity index (χ2v) is 10.2. The molecule has 1 saturated carbocycles. The minimum Gasteiger partial charge on any atom is -0.348 e. The van der Waals surface area contributed by atoms with Crippen molar-refractivity contribution in [1.29, 1.82) is 0 Å². The number of pyridine rings is 1. The molecule has 1 aromatic heterocycles. The number of benzene rings is 1. The Morgan fingerprint density at radius 2 is 1.70 bits per heavy atom. The largest absolute Gasteiger partial charge is 0.348 e. The molecule has 2 aromatic rings. The van der Waals surface area contributed by atoms with Crippen LogP contribution < -0.4 is 0 Å². The Hall–Kier alpha value is -2.69. The molecule has 0 bridgehead atoms. The van der Waals surface area contributed by atoms with Crippen LogP contribution in [0.4, 0.5) is 0 Å². The highest BCUT2D eigenvalue weighted by Gasteiger charge is 2.43. The highest BCUT2D eigenvalue weighted by molar-refractivity contribution is 5.83. The molecular formula is C28H37N3O2. The van der Waals surface area contributed by atoms with Gasteiger partial charge in [-0.15, -0.1) is 0 Å². The van der Waals surface area contributed by atoms with E-state index in [1.807, 2.05) is 31.3 Å². The highest BCUT2D eigenvalue weighted by Crippen LogP contribution is 2.38. The van der Waals surface area contributed by atoms with Crippen molar-refractivity contribution >= 4 is 11.8 Å². The van der Waals surface area contributed by atoms with Crippen LogP contribution in [0.1, 0.15) is 56.9 Å². The normalized spacial score (nSPS) is 18.7. The number of aromatic nitrogens is 1. The van der Waals surface area contributed by atoms with E-state index < -0.39 is 5.41 Å². The lowest BCUT2D eigenvalue weighted by atomic mass is 9.72. The van der Waals surface area contributed by atoms with Crippen molar-refractivity contribution in [3.05, 3.63) is 54.4 Å². The standard InChI is InChI=1S/C28H37N3O2/c1-30(2)27(33)28(20-23-10-12-24(13-11-23)25-9-6-16-29-21-25)14-17-31(18-15-28)26(32)19-22-7-4-3-5-8-22/h6,9-13,16,21-22H,3-5,7-8,14-15,17-20H2,1-2H3. The molecule has 2 amide bonds. The van der Waals surface area contributed by atoms with Crippen LogP contribution in [-0.2, 0) is 16.0 Å². The van der Waals surface area contributed by atoms with Gasteiger partial charge in [0.1, 0.15) is 0 Å². The van der Waals surface area contributed by atoms with Gasteiger partial charge in [0, 0.05) is 46.0 Å². The Bertz CT molecular complexity index is 925. The molecule has 2 heterocycles. The Labute approximate surface area is 198 Å². The van der Waals surface area contributed by atoms with Gasteiger partial charge in [0.15, 0.2) is 0 Å². The summed E-state index contributed by atoms with van der Waals surface area (Å²) in [6, 6.07) is 12.5. The van der Waals surface area contributed by atoms with Crippen LogP contribution in [0.5, 0.6) is 0 Å². The molecular weight excluding hydrogens is 410 g/mol. The zero-order valence-electron chi connectivity index (χ0n) is 20.1. The number of piperidine rings is 1. The summed E-state index contributed by atoms with van der Waals surface area (Å²) in [6.07, 6.45) is 12.7. The fraction of sp³-hybridized carbons (Fsp3) is 0.536. The van der Waals surface area contributed by atoms with Crippen molar-refractivity contribution < 1.29 is 9.59 Å². The molecule has 5 nitrogen and oxygen atoms in total. The maximum Gasteiger partial charge on any atom is 0.228 e. The Balaban J connectivity index is 1.43. The molecule has 0 atom stereocenters. The van der Waals surface area contributed by atoms with E-state index in [-0.39, 0.29) is 11.8 Å². The Kier molecular flexibility index (Phi) is 7.46. The minimum absolute atomic E-state index is 0.179. The van der Waals surface area contributed by atoms with Crippen molar-refractivity contribution in [2.45, 2.75) is 57.8 Å². The number of carbonyl (C=O) groups excluding carboxylic acids is 2. The monoisotopic (exact) mass is 447 g/mol. The fourth-order valence-corrected chi connectivity index (χ4v) is 5.63. The summed E-state index contributed by atoms with van der Waals surface area (Å²) in [5.74, 6) is 1.02. The van der Waals surface area contributed by atoms with Crippen molar-refractivity contribution in [3.8, 4) is 11.1 Å². The number of amides is 2. The fourth-order valence-electron chi connectivity index (χ4n) is 5.63. The average molecular weight is 448 g/mol. The predicted octanol–water partition coefficient (Wildman–Crippen LogP) is 4.96. The summed E-state index contributed by atoms with van der Waals surface area (Å²) >= 11 is 0. The van der Waals surface area contributed by atoms with E-state index in [0.29, 0.717) is 31.8 Å². The molecule has 1 saturated heterocycles. The second kappa shape index (κ2) is 10.5. The van der Waals surface area contributed by atoms with Crippen LogP contribution in [0.25, 0.3) is 11.1 Å². The van der Waals surface area contributed by atoms with E-state index in [2.05, 4.69) is 35.3 Å². The van der Waals surface area contributed by atoms with Crippen molar-refractivity contribution in [2.24, 2.45) is 11.3 Å². The quantitative estimate of drug-likeness (QED) is 0.629. The first-order valence-corrected chi connectivity index (χ1v) is 12.5. The third-order valence-electron chi connectivity index (χ3n) is 7.61. The van der Waals surface area contributed by atoms with Gasteiger partial charge in [-0.05, 0) is 60.8 Å². The summed E-state index contributed by atoms with van der Waals surface area (Å²) in [5, 5.41) is 0. The van der Waals surface area contributed by atoms with Crippen LogP contribution >= 0.6 is 0 Å². The maximum atomic E-state index is 13.3. The van der Waals surface area contributed by atoms with Gasteiger partial charge in [-0.1, -0.05) is 49.6 Å². The number of nitrogens with zero attached hydrogens (tertiary/aromatic N) is 3. The first-order chi connectivity index (χ1) is 16.0. The van der Waals surface area contributed by atoms with Gasteiger partial charge in [-0.2, -0.15) is 0 Å². The Morgan fingerprint density at radius 1 is 1.00 bits per heavy atom. The number of carbonyl (C=O) groups is 2. The molecule has 5 heteroatoms. The third-order valence-corrected chi connectivity index (χ3v) is 7.61. The molecule has 0 N–H and O–H groups in total. The van der Waals surface area contributed by atoms with Crippen LogP contribution in [0.15, 0.2) is 48.8 Å². The van der Waals surface area contributed by atoms with Gasteiger partial charge in [-0.3, -0.25) is 14.6 Å². The topological polar surface area (TPSA) is 53.5 Å². The van der Waals surface area contributed by atoms with Crippen LogP contribution in [0.2, 0.25) is 0 Å². The van der Waals surface area contributed by atoms with Gasteiger partial charge in [0.05, 0.1) is 5.41 Å². The first kappa shape index (κ1) is 23.5. The zero-order chi connectivity index (χ0) is 23.3. The van der Waals surface area contributed by atoms with Gasteiger partial charge < -0.3 is 9.80 Å². The summed E-state index contributed by atoms with van der Waals surface area (Å²) in [5.41, 5.74) is 2.94. The van der Waals surface area contributed by atoms with Crippen LogP contribution in [0, 0.1) is 11.3 Å². The maximum absolute atomic E-state index is 13.3. The summed E-state index contributed by atoms with van der Waals surface area (Å²) in [6.45, 7) is 1.36. The molecule has 176 valence electrons. The second-order valence-electron chi connectivity index (χ2n) is 10.2. The number of hydrogen-bond acceptors (Lipinski definition) is 3. The zero-order valence-corrected chi connectivity index (χ0v) is 20.1. The molecule has 33 heavy (non-hydrogen) atoms. The number of likely N-dealkylation sites (tertiary alicyclic amines) is 1. The van der Waals surface area contributed by atoms with E-state index in [0.717, 1.165) is 24.0 Å². The van der Waals surface area contributed by atoms with Gasteiger partial charge in [-0.25, -0.2) is 0 Å². The molecule has 0 radical (unpaired) electrons. The molecule has 2 fully saturated rings. The van der Waals surface area contributed by atoms with E-state index in [1.165, 1.54) is 37.7 Å². The van der Waals surface area contributed by atoms with Crippen molar-refractivity contribution in [1.82, 2.24) is 14.8 Å². The smallest absolute Gasteiger partial charge is 0.228 e. The molecule has 1 aromatic carbocycles. The highest BCUT2D eigenvalue weighted by atomic mass is 16.2. The summed E-state index contributed by atoms with van der Waals surface area (Å²) in [4.78, 5) is 34.2. The van der Waals surface area contributed by atoms with E-state index in [4.69, 9.17) is 0 Å². The van der Waals surface area contributed by atoms with Gasteiger partial charge >= 0.3 is 0 Å². The molecule has 1 aliphatic heterocycles. The van der Waals surface area contributed by atoms with Crippen molar-refractivity contribution in [2.75, 3.05) is 27.2 Å². The number of hydrogen-bond donors (Lipinski definition) is 0. The van der Waals surface area contributed by atoms with Crippen molar-refractivity contribution in [3.63, 3.8) is 0 Å². The SMILES string of the molecule is CN(C)C(=O)C1(Cc2ccc(-c3cccnc3)cc2)CCN(C(=O)CC2CCCCC2)CC1. The molecule has 2 aliphatic rings. The lowest BCUT2D eigenvalue weighted by Crippen LogP contribution is -2.51. The molecule has 1 aliphatic carbocycles. The summed E-state index contributed by atoms with van der Waals surface area (Å²) < 4.78 is 0. The Morgan fingerprint density at radius 3 is 2.30 bits per heavy atom. The van der Waals surface area contributed by atoms with Gasteiger partial charge in [0.25, 0.3) is 0 Å². The van der Waals surface area contributed by atoms with E-state index in [1.54, 1.807) is 11.1 Å². The lowest BCUT2D eigenvalue weighted by molar-refractivity contribution is -0.146. The predicted molar refractivity (Wildman–Crippen MR) is 132 cm³/mol. The molecule has 4 rings (SSSR count). The van der Waals surface area contributed by atoms with E-state index in [9.17, 15) is 9.59 Å². The van der Waals surface area contributed by atoms with Crippen LogP contribution in [-0.4, -0.2) is 53.8 Å². The minimum atomic E-state index is -0.444. The third kappa shape index (κ3) is 5.63. The summed E-state index contributed by atoms with van der Waals surface area (Å²) in [7, 11) is 3.69. The van der Waals surface area contributed by atoms with E-state index >= 15 is 0 Å². The average Bonchev–Trinajstić information content (AvgIpc) is 2.85. The molecule has 0 spiro atoms. The van der Waals surface area contributed by atoms with Gasteiger partial charge in [0.2, 0.25) is 11.8 Å². The van der Waals surface area contributed by atoms with Crippen LogP contribution in [0.3, 0.4) is 0 Å². The number of rotatable bonds is 6.